The number of fused-ring (bicyclic) bond motifs is 3. The summed E-state index contributed by atoms with van der Waals surface area (Å²) in [7, 11) is 0. The van der Waals surface area contributed by atoms with Gasteiger partial charge in [-0.2, -0.15) is 0 Å². The first kappa shape index (κ1) is 17.3. The second kappa shape index (κ2) is 6.92. The molecular formula is C18H16N4O4S. The van der Waals surface area contributed by atoms with Crippen LogP contribution in [0.2, 0.25) is 0 Å². The number of thiophene rings is 1. The number of ether oxygens (including phenoxy) is 1. The molecule has 0 saturated heterocycles. The summed E-state index contributed by atoms with van der Waals surface area (Å²) in [4.78, 5) is 33.3. The number of hydrogen-bond donors (Lipinski definition) is 1. The highest BCUT2D eigenvalue weighted by atomic mass is 32.1. The van der Waals surface area contributed by atoms with Crippen molar-refractivity contribution in [3.8, 4) is 5.88 Å². The van der Waals surface area contributed by atoms with E-state index in [4.69, 9.17) is 4.74 Å². The second-order valence-corrected chi connectivity index (χ2v) is 7.39. The number of amides is 1. The van der Waals surface area contributed by atoms with Crippen LogP contribution in [-0.4, -0.2) is 27.4 Å². The van der Waals surface area contributed by atoms with Crippen molar-refractivity contribution in [2.45, 2.75) is 26.2 Å². The molecule has 2 aromatic heterocycles. The smallest absolute Gasteiger partial charge is 0.269 e. The van der Waals surface area contributed by atoms with E-state index in [9.17, 15) is 14.9 Å². The Morgan fingerprint density at radius 1 is 1.37 bits per heavy atom. The lowest BCUT2D eigenvalue weighted by Crippen LogP contribution is -2.21. The minimum absolute atomic E-state index is 0.0172. The number of carbonyl (C=O) groups excluding carboxylic acids is 1. The minimum Gasteiger partial charge on any atom is -0.467 e. The Bertz CT molecular complexity index is 1060. The number of aryl methyl sites for hydroxylation is 3. The molecule has 9 heteroatoms. The molecule has 0 atom stereocenters. The molecule has 1 aromatic carbocycles. The van der Waals surface area contributed by atoms with Gasteiger partial charge < -0.3 is 10.1 Å². The molecule has 8 nitrogen and oxygen atoms in total. The number of nitrogens with one attached hydrogen (secondary N) is 1. The highest BCUT2D eigenvalue weighted by Crippen LogP contribution is 2.39. The summed E-state index contributed by atoms with van der Waals surface area (Å²) in [5.41, 5.74) is 2.34. The molecule has 0 unspecified atom stereocenters. The largest absolute Gasteiger partial charge is 0.467 e. The number of nitro groups is 1. The van der Waals surface area contributed by atoms with Gasteiger partial charge in [0.05, 0.1) is 10.3 Å². The Morgan fingerprint density at radius 2 is 2.22 bits per heavy atom. The fourth-order valence-electron chi connectivity index (χ4n) is 3.23. The predicted molar refractivity (Wildman–Crippen MR) is 101 cm³/mol. The number of benzene rings is 1. The first-order valence-electron chi connectivity index (χ1n) is 8.46. The third-order valence-electron chi connectivity index (χ3n) is 4.50. The van der Waals surface area contributed by atoms with Crippen LogP contribution in [0.4, 0.5) is 11.4 Å². The number of carbonyl (C=O) groups is 1. The van der Waals surface area contributed by atoms with Crippen LogP contribution in [0, 0.1) is 17.0 Å². The van der Waals surface area contributed by atoms with E-state index in [0.29, 0.717) is 17.1 Å². The van der Waals surface area contributed by atoms with Gasteiger partial charge in [0.2, 0.25) is 5.88 Å². The highest BCUT2D eigenvalue weighted by molar-refractivity contribution is 7.18. The molecule has 0 spiro atoms. The summed E-state index contributed by atoms with van der Waals surface area (Å²) in [6.45, 7) is 1.50. The maximum atomic E-state index is 12.3. The number of hydrogen-bond acceptors (Lipinski definition) is 7. The van der Waals surface area contributed by atoms with Crippen molar-refractivity contribution < 1.29 is 14.5 Å². The van der Waals surface area contributed by atoms with Crippen molar-refractivity contribution in [3.63, 3.8) is 0 Å². The lowest BCUT2D eigenvalue weighted by Gasteiger charge is -2.10. The lowest BCUT2D eigenvalue weighted by molar-refractivity contribution is -0.384. The molecule has 3 aromatic rings. The molecule has 0 bridgehead atoms. The Balaban J connectivity index is 1.47. The van der Waals surface area contributed by atoms with Gasteiger partial charge in [0, 0.05) is 22.7 Å². The van der Waals surface area contributed by atoms with Crippen LogP contribution in [0.15, 0.2) is 24.5 Å². The normalized spacial score (nSPS) is 12.8. The maximum Gasteiger partial charge on any atom is 0.269 e. The second-order valence-electron chi connectivity index (χ2n) is 6.31. The number of non-ortho nitro benzene ring substituents is 1. The van der Waals surface area contributed by atoms with Crippen LogP contribution in [0.5, 0.6) is 5.88 Å². The molecule has 1 aliphatic rings. The van der Waals surface area contributed by atoms with Crippen molar-refractivity contribution in [2.75, 3.05) is 11.9 Å². The number of rotatable bonds is 5. The lowest BCUT2D eigenvalue weighted by atomic mass is 10.2. The highest BCUT2D eigenvalue weighted by Gasteiger charge is 2.22. The molecule has 0 radical (unpaired) electrons. The van der Waals surface area contributed by atoms with Crippen LogP contribution in [0.3, 0.4) is 0 Å². The molecule has 2 heterocycles. The first-order valence-corrected chi connectivity index (χ1v) is 9.27. The Hall–Kier alpha value is -3.07. The monoisotopic (exact) mass is 384 g/mol. The van der Waals surface area contributed by atoms with Crippen molar-refractivity contribution in [1.82, 2.24) is 9.97 Å². The molecule has 1 aliphatic carbocycles. The Morgan fingerprint density at radius 3 is 3.00 bits per heavy atom. The standard InChI is InChI=1S/C18H16N4O4S/c1-10-7-11(22(24)25)5-6-13(10)21-15(23)8-26-17-16-12-3-2-4-14(12)27-18(16)20-9-19-17/h5-7,9H,2-4,8H2,1H3,(H,21,23). The topological polar surface area (TPSA) is 107 Å². The molecule has 0 fully saturated rings. The number of anilines is 1. The fraction of sp³-hybridized carbons (Fsp3) is 0.278. The van der Waals surface area contributed by atoms with Crippen LogP contribution in [0.25, 0.3) is 10.2 Å². The van der Waals surface area contributed by atoms with E-state index in [0.717, 1.165) is 29.5 Å². The molecule has 0 saturated carbocycles. The van der Waals surface area contributed by atoms with E-state index in [2.05, 4.69) is 15.3 Å². The quantitative estimate of drug-likeness (QED) is 0.533. The molecule has 27 heavy (non-hydrogen) atoms. The van der Waals surface area contributed by atoms with E-state index < -0.39 is 4.92 Å². The predicted octanol–water partition coefficient (Wildman–Crippen LogP) is 3.41. The van der Waals surface area contributed by atoms with Crippen molar-refractivity contribution >= 4 is 38.8 Å². The molecule has 0 aliphatic heterocycles. The summed E-state index contributed by atoms with van der Waals surface area (Å²) in [6.07, 6.45) is 4.59. The number of nitrogens with zero attached hydrogens (tertiary/aromatic N) is 3. The summed E-state index contributed by atoms with van der Waals surface area (Å²) >= 11 is 1.66. The van der Waals surface area contributed by atoms with Gasteiger partial charge in [-0.25, -0.2) is 9.97 Å². The molecule has 1 amide bonds. The van der Waals surface area contributed by atoms with E-state index in [1.54, 1.807) is 18.3 Å². The van der Waals surface area contributed by atoms with Gasteiger partial charge in [-0.1, -0.05) is 0 Å². The average Bonchev–Trinajstić information content (AvgIpc) is 3.22. The molecule has 1 N–H and O–H groups in total. The zero-order valence-corrected chi connectivity index (χ0v) is 15.3. The van der Waals surface area contributed by atoms with Crippen molar-refractivity contribution in [2.24, 2.45) is 0 Å². The first-order chi connectivity index (χ1) is 13.0. The van der Waals surface area contributed by atoms with Crippen LogP contribution in [-0.2, 0) is 17.6 Å². The maximum absolute atomic E-state index is 12.3. The minimum atomic E-state index is -0.471. The van der Waals surface area contributed by atoms with E-state index >= 15 is 0 Å². The van der Waals surface area contributed by atoms with Gasteiger partial charge in [-0.05, 0) is 43.4 Å². The Kier molecular flexibility index (Phi) is 4.44. The van der Waals surface area contributed by atoms with Crippen molar-refractivity contribution in [3.05, 3.63) is 50.6 Å². The van der Waals surface area contributed by atoms with E-state index in [1.165, 1.54) is 35.0 Å². The molecule has 138 valence electrons. The zero-order valence-electron chi connectivity index (χ0n) is 14.5. The van der Waals surface area contributed by atoms with Gasteiger partial charge in [0.15, 0.2) is 6.61 Å². The number of aromatic nitrogens is 2. The summed E-state index contributed by atoms with van der Waals surface area (Å²) in [5, 5.41) is 14.4. The van der Waals surface area contributed by atoms with E-state index in [1.807, 2.05) is 0 Å². The molecule has 4 rings (SSSR count). The SMILES string of the molecule is Cc1cc([N+](=O)[O-])ccc1NC(=O)COc1ncnc2sc3c(c12)CCC3. The Labute approximate surface area is 158 Å². The van der Waals surface area contributed by atoms with E-state index in [-0.39, 0.29) is 18.2 Å². The van der Waals surface area contributed by atoms with Gasteiger partial charge in [-0.3, -0.25) is 14.9 Å². The fourth-order valence-corrected chi connectivity index (χ4v) is 4.45. The third kappa shape index (κ3) is 3.33. The summed E-state index contributed by atoms with van der Waals surface area (Å²) < 4.78 is 5.67. The summed E-state index contributed by atoms with van der Waals surface area (Å²) in [6, 6.07) is 4.28. The van der Waals surface area contributed by atoms with Gasteiger partial charge in [-0.15, -0.1) is 11.3 Å². The van der Waals surface area contributed by atoms with Crippen LogP contribution >= 0.6 is 11.3 Å². The average molecular weight is 384 g/mol. The van der Waals surface area contributed by atoms with Gasteiger partial charge in [0.1, 0.15) is 11.2 Å². The van der Waals surface area contributed by atoms with Crippen LogP contribution in [0.1, 0.15) is 22.4 Å². The molecular weight excluding hydrogens is 368 g/mol. The van der Waals surface area contributed by atoms with Gasteiger partial charge in [0.25, 0.3) is 11.6 Å². The van der Waals surface area contributed by atoms with Gasteiger partial charge >= 0.3 is 0 Å². The zero-order chi connectivity index (χ0) is 19.0. The van der Waals surface area contributed by atoms with Crippen molar-refractivity contribution in [1.29, 1.82) is 0 Å². The summed E-state index contributed by atoms with van der Waals surface area (Å²) in [5.74, 6) is 0.0700. The van der Waals surface area contributed by atoms with Crippen LogP contribution < -0.4 is 10.1 Å². The third-order valence-corrected chi connectivity index (χ3v) is 5.70. The number of nitro benzene ring substituents is 1.